The Balaban J connectivity index is 1.94. The monoisotopic (exact) mass is 288 g/mol. The molecule has 0 radical (unpaired) electrons. The molecule has 20 heavy (non-hydrogen) atoms. The van der Waals surface area contributed by atoms with Gasteiger partial charge in [0.15, 0.2) is 0 Å². The summed E-state index contributed by atoms with van der Waals surface area (Å²) in [5, 5.41) is 10.4. The van der Waals surface area contributed by atoms with Gasteiger partial charge in [-0.3, -0.25) is 4.79 Å². The van der Waals surface area contributed by atoms with Crippen molar-refractivity contribution in [2.75, 3.05) is 11.9 Å². The third-order valence-electron chi connectivity index (χ3n) is 2.90. The molecule has 0 saturated carbocycles. The Bertz CT molecular complexity index is 549. The lowest BCUT2D eigenvalue weighted by Gasteiger charge is -2.14. The van der Waals surface area contributed by atoms with Crippen molar-refractivity contribution in [1.29, 1.82) is 0 Å². The summed E-state index contributed by atoms with van der Waals surface area (Å²) < 4.78 is 0. The van der Waals surface area contributed by atoms with E-state index in [0.29, 0.717) is 18.2 Å². The number of para-hydroxylation sites is 1. The van der Waals surface area contributed by atoms with Gasteiger partial charge in [0, 0.05) is 18.3 Å². The average molecular weight is 288 g/mol. The van der Waals surface area contributed by atoms with Crippen LogP contribution in [0, 0.1) is 0 Å². The first-order valence-corrected chi connectivity index (χ1v) is 7.76. The Hall–Kier alpha value is -1.81. The minimum atomic E-state index is -0.0241. The molecular weight excluding hydrogens is 268 g/mol. The van der Waals surface area contributed by atoms with E-state index < -0.39 is 0 Å². The molecule has 0 saturated heterocycles. The number of hydrogen-bond donors (Lipinski definition) is 2. The Kier molecular flexibility index (Phi) is 5.18. The molecule has 0 spiro atoms. The summed E-state index contributed by atoms with van der Waals surface area (Å²) in [5.74, 6) is -0.0241. The molecule has 0 atom stereocenters. The number of thiophene rings is 1. The van der Waals surface area contributed by atoms with Crippen molar-refractivity contribution in [3.8, 4) is 0 Å². The summed E-state index contributed by atoms with van der Waals surface area (Å²) in [4.78, 5) is 12.2. The van der Waals surface area contributed by atoms with Crippen LogP contribution < -0.4 is 10.6 Å². The molecule has 1 aromatic carbocycles. The summed E-state index contributed by atoms with van der Waals surface area (Å²) in [6.07, 6.45) is 0.870. The van der Waals surface area contributed by atoms with Crippen molar-refractivity contribution < 1.29 is 4.79 Å². The van der Waals surface area contributed by atoms with Gasteiger partial charge in [-0.15, -0.1) is 0 Å². The molecule has 1 heterocycles. The number of carbonyl (C=O) groups is 1. The SMILES string of the molecule is CC(C)Nc1ccccc1C(=O)NCCc1ccsc1. The quantitative estimate of drug-likeness (QED) is 0.853. The molecule has 2 rings (SSSR count). The van der Waals surface area contributed by atoms with E-state index in [1.807, 2.05) is 24.3 Å². The van der Waals surface area contributed by atoms with E-state index in [0.717, 1.165) is 12.1 Å². The third kappa shape index (κ3) is 4.10. The molecule has 3 nitrogen and oxygen atoms in total. The Morgan fingerprint density at radius 2 is 2.05 bits per heavy atom. The highest BCUT2D eigenvalue weighted by molar-refractivity contribution is 7.07. The first kappa shape index (κ1) is 14.6. The number of amides is 1. The highest BCUT2D eigenvalue weighted by Crippen LogP contribution is 2.16. The minimum absolute atomic E-state index is 0.0241. The predicted octanol–water partition coefficient (Wildman–Crippen LogP) is 3.54. The summed E-state index contributed by atoms with van der Waals surface area (Å²) in [5.41, 5.74) is 2.85. The van der Waals surface area contributed by atoms with Gasteiger partial charge in [0.2, 0.25) is 0 Å². The van der Waals surface area contributed by atoms with Crippen molar-refractivity contribution in [3.63, 3.8) is 0 Å². The van der Waals surface area contributed by atoms with Crippen LogP contribution in [0.3, 0.4) is 0 Å². The van der Waals surface area contributed by atoms with E-state index in [1.54, 1.807) is 11.3 Å². The van der Waals surface area contributed by atoms with Crippen LogP contribution in [0.15, 0.2) is 41.1 Å². The molecule has 1 aromatic heterocycles. The molecular formula is C16H20N2OS. The van der Waals surface area contributed by atoms with Crippen molar-refractivity contribution >= 4 is 22.9 Å². The van der Waals surface area contributed by atoms with Gasteiger partial charge in [-0.25, -0.2) is 0 Å². The van der Waals surface area contributed by atoms with E-state index in [9.17, 15) is 4.79 Å². The van der Waals surface area contributed by atoms with Crippen molar-refractivity contribution in [2.24, 2.45) is 0 Å². The molecule has 2 aromatic rings. The van der Waals surface area contributed by atoms with Crippen LogP contribution in [0.2, 0.25) is 0 Å². The minimum Gasteiger partial charge on any atom is -0.382 e. The molecule has 4 heteroatoms. The molecule has 0 fully saturated rings. The van der Waals surface area contributed by atoms with Crippen LogP contribution in [0.1, 0.15) is 29.8 Å². The highest BCUT2D eigenvalue weighted by atomic mass is 32.1. The van der Waals surface area contributed by atoms with E-state index in [2.05, 4.69) is 41.3 Å². The maximum absolute atomic E-state index is 12.2. The maximum atomic E-state index is 12.2. The number of nitrogens with one attached hydrogen (secondary N) is 2. The van der Waals surface area contributed by atoms with Crippen LogP contribution in [-0.4, -0.2) is 18.5 Å². The first-order chi connectivity index (χ1) is 9.66. The van der Waals surface area contributed by atoms with Gasteiger partial charge < -0.3 is 10.6 Å². The van der Waals surface area contributed by atoms with Crippen LogP contribution in [0.25, 0.3) is 0 Å². The van der Waals surface area contributed by atoms with Gasteiger partial charge in [-0.2, -0.15) is 11.3 Å². The lowest BCUT2D eigenvalue weighted by molar-refractivity contribution is 0.0955. The molecule has 0 aliphatic heterocycles. The fraction of sp³-hybridized carbons (Fsp3) is 0.312. The maximum Gasteiger partial charge on any atom is 0.253 e. The second-order valence-corrected chi connectivity index (χ2v) is 5.76. The van der Waals surface area contributed by atoms with Gasteiger partial charge in [0.25, 0.3) is 5.91 Å². The average Bonchev–Trinajstić information content (AvgIpc) is 2.91. The Labute approximate surface area is 124 Å². The fourth-order valence-electron chi connectivity index (χ4n) is 1.97. The largest absolute Gasteiger partial charge is 0.382 e. The zero-order valence-electron chi connectivity index (χ0n) is 11.8. The van der Waals surface area contributed by atoms with Gasteiger partial charge in [0.05, 0.1) is 5.56 Å². The fourth-order valence-corrected chi connectivity index (χ4v) is 2.67. The van der Waals surface area contributed by atoms with E-state index >= 15 is 0 Å². The zero-order valence-corrected chi connectivity index (χ0v) is 12.7. The molecule has 0 aliphatic carbocycles. The van der Waals surface area contributed by atoms with Crippen LogP contribution in [0.4, 0.5) is 5.69 Å². The van der Waals surface area contributed by atoms with E-state index in [1.165, 1.54) is 5.56 Å². The van der Waals surface area contributed by atoms with Gasteiger partial charge in [0.1, 0.15) is 0 Å². The predicted molar refractivity (Wildman–Crippen MR) is 85.6 cm³/mol. The second kappa shape index (κ2) is 7.10. The van der Waals surface area contributed by atoms with Crippen LogP contribution in [0.5, 0.6) is 0 Å². The highest BCUT2D eigenvalue weighted by Gasteiger charge is 2.10. The van der Waals surface area contributed by atoms with Gasteiger partial charge >= 0.3 is 0 Å². The number of anilines is 1. The number of benzene rings is 1. The molecule has 0 aliphatic rings. The Morgan fingerprint density at radius 1 is 1.25 bits per heavy atom. The van der Waals surface area contributed by atoms with Crippen molar-refractivity contribution in [3.05, 3.63) is 52.2 Å². The standard InChI is InChI=1S/C16H20N2OS/c1-12(2)18-15-6-4-3-5-14(15)16(19)17-9-7-13-8-10-20-11-13/h3-6,8,10-12,18H,7,9H2,1-2H3,(H,17,19). The molecule has 1 amide bonds. The normalized spacial score (nSPS) is 10.6. The van der Waals surface area contributed by atoms with E-state index in [-0.39, 0.29) is 5.91 Å². The topological polar surface area (TPSA) is 41.1 Å². The number of carbonyl (C=O) groups excluding carboxylic acids is 1. The van der Waals surface area contributed by atoms with Gasteiger partial charge in [-0.05, 0) is 54.8 Å². The summed E-state index contributed by atoms with van der Waals surface area (Å²) >= 11 is 1.68. The summed E-state index contributed by atoms with van der Waals surface area (Å²) in [6, 6.07) is 10.0. The van der Waals surface area contributed by atoms with Crippen molar-refractivity contribution in [1.82, 2.24) is 5.32 Å². The molecule has 0 unspecified atom stereocenters. The Morgan fingerprint density at radius 3 is 2.75 bits per heavy atom. The third-order valence-corrected chi connectivity index (χ3v) is 3.63. The van der Waals surface area contributed by atoms with Crippen LogP contribution in [-0.2, 0) is 6.42 Å². The lowest BCUT2D eigenvalue weighted by Crippen LogP contribution is -2.27. The van der Waals surface area contributed by atoms with Crippen molar-refractivity contribution in [2.45, 2.75) is 26.3 Å². The van der Waals surface area contributed by atoms with Crippen LogP contribution >= 0.6 is 11.3 Å². The smallest absolute Gasteiger partial charge is 0.253 e. The lowest BCUT2D eigenvalue weighted by atomic mass is 10.1. The van der Waals surface area contributed by atoms with E-state index in [4.69, 9.17) is 0 Å². The zero-order chi connectivity index (χ0) is 14.4. The second-order valence-electron chi connectivity index (χ2n) is 4.98. The number of rotatable bonds is 6. The summed E-state index contributed by atoms with van der Waals surface area (Å²) in [7, 11) is 0. The number of hydrogen-bond acceptors (Lipinski definition) is 3. The molecule has 0 bridgehead atoms. The first-order valence-electron chi connectivity index (χ1n) is 6.81. The summed E-state index contributed by atoms with van der Waals surface area (Å²) in [6.45, 7) is 4.78. The van der Waals surface area contributed by atoms with Gasteiger partial charge in [-0.1, -0.05) is 12.1 Å². The molecule has 106 valence electrons. The molecule has 2 N–H and O–H groups in total.